The van der Waals surface area contributed by atoms with Gasteiger partial charge in [-0.3, -0.25) is 9.52 Å². The van der Waals surface area contributed by atoms with Crippen LogP contribution in [0, 0.1) is 23.7 Å². The zero-order valence-corrected chi connectivity index (χ0v) is 31.7. The molecule has 1 aliphatic carbocycles. The Morgan fingerprint density at radius 2 is 1.94 bits per heavy atom. The third-order valence-corrected chi connectivity index (χ3v) is 13.6. The summed E-state index contributed by atoms with van der Waals surface area (Å²) in [6.45, 7) is 11.7. The van der Waals surface area contributed by atoms with E-state index in [1.54, 1.807) is 18.1 Å². The fourth-order valence-electron chi connectivity index (χ4n) is 8.47. The van der Waals surface area contributed by atoms with Crippen molar-refractivity contribution < 1.29 is 23.3 Å². The fourth-order valence-corrected chi connectivity index (χ4v) is 10.5. The predicted octanol–water partition coefficient (Wildman–Crippen LogP) is 7.66. The normalized spacial score (nSPS) is 31.1. The number of amides is 3. The van der Waals surface area contributed by atoms with Crippen LogP contribution in [0.2, 0.25) is 5.02 Å². The van der Waals surface area contributed by atoms with Gasteiger partial charge in [-0.1, -0.05) is 63.9 Å². The lowest BCUT2D eigenvalue weighted by atomic mass is 9.70. The lowest BCUT2D eigenvalue weighted by molar-refractivity contribution is 0.0637. The van der Waals surface area contributed by atoms with Crippen molar-refractivity contribution in [3.8, 4) is 5.75 Å². The third kappa shape index (κ3) is 7.72. The van der Waals surface area contributed by atoms with Gasteiger partial charge in [-0.05, 0) is 97.2 Å². The van der Waals surface area contributed by atoms with Crippen LogP contribution in [0.5, 0.6) is 5.75 Å². The number of allylic oxidation sites excluding steroid dienone is 1. The van der Waals surface area contributed by atoms with E-state index in [2.05, 4.69) is 59.0 Å². The van der Waals surface area contributed by atoms with E-state index in [4.69, 9.17) is 21.1 Å². The fraction of sp³-hybridized carbons (Fsp3) is 0.590. The van der Waals surface area contributed by atoms with E-state index in [1.165, 1.54) is 11.1 Å². The molecule has 0 saturated carbocycles. The van der Waals surface area contributed by atoms with Gasteiger partial charge in [-0.25, -0.2) is 9.00 Å². The molecular weight excluding hydrogens is 672 g/mol. The lowest BCUT2D eigenvalue weighted by Crippen LogP contribution is -2.55. The highest BCUT2D eigenvalue weighted by Crippen LogP contribution is 2.45. The molecular formula is C39H53ClN4O5S. The standard InChI is InChI=1S/C39H53ClN4O5S/c1-6-28-21-43(22-28)38(46)42-50(47)23-26(3)10-8-12-35(48-5)32(7-2)27(4)20-44-24-39(17-9-11-29-18-31(40)14-15-33(29)39)25-49-36-16-13-30(19-34(36)44)37(45)41-50/h8,12-16,18-19,26-28,32,35H,6-7,9-11,17,20-25H2,1-5H3,(H,41,42,45,46,47)/b12-8+/t26-,27-,32+,35-,39-,50?/m0/s1. The number of hydrogen-bond donors (Lipinski definition) is 1. The van der Waals surface area contributed by atoms with Crippen molar-refractivity contribution in [2.45, 2.75) is 77.7 Å². The topological polar surface area (TPSA) is 101 Å². The van der Waals surface area contributed by atoms with Gasteiger partial charge in [0.1, 0.15) is 15.7 Å². The molecule has 1 saturated heterocycles. The van der Waals surface area contributed by atoms with E-state index in [1.807, 2.05) is 25.1 Å². The number of likely N-dealkylation sites (tertiary alicyclic amines) is 1. The zero-order chi connectivity index (χ0) is 35.6. The Labute approximate surface area is 303 Å². The maximum Gasteiger partial charge on any atom is 0.329 e. The second-order valence-corrected chi connectivity index (χ2v) is 17.5. The van der Waals surface area contributed by atoms with Crippen LogP contribution < -0.4 is 14.4 Å². The van der Waals surface area contributed by atoms with Crippen LogP contribution in [0.4, 0.5) is 10.5 Å². The van der Waals surface area contributed by atoms with Crippen molar-refractivity contribution in [1.82, 2.24) is 9.62 Å². The highest BCUT2D eigenvalue weighted by molar-refractivity contribution is 7.92. The summed E-state index contributed by atoms with van der Waals surface area (Å²) in [5.74, 6) is 0.935. The number of anilines is 1. The number of ether oxygens (including phenoxy) is 2. The minimum atomic E-state index is -3.44. The molecule has 3 heterocycles. The molecule has 3 aliphatic heterocycles. The van der Waals surface area contributed by atoms with E-state index in [-0.39, 0.29) is 35.0 Å². The van der Waals surface area contributed by atoms with Gasteiger partial charge >= 0.3 is 6.03 Å². The average molecular weight is 725 g/mol. The number of fused-ring (bicyclic) bond motifs is 3. The molecule has 2 bridgehead atoms. The molecule has 1 spiro atoms. The van der Waals surface area contributed by atoms with E-state index in [9.17, 15) is 13.8 Å². The second kappa shape index (κ2) is 15.3. The van der Waals surface area contributed by atoms with Gasteiger partial charge in [-0.15, -0.1) is 4.36 Å². The smallest absolute Gasteiger partial charge is 0.329 e. The molecule has 11 heteroatoms. The van der Waals surface area contributed by atoms with E-state index < -0.39 is 21.9 Å². The van der Waals surface area contributed by atoms with Gasteiger partial charge in [0, 0.05) is 49.3 Å². The SMILES string of the molecule is CCC1CN(C(=O)NS2(=O)=NC(=O)c3ccc4c(c3)N(C[C@H](C)[C@@H](CC)[C@@H](OC)/C=C/C[C@H](C)C2)C[C@@]2(CCCc3cc(Cl)ccc32)CO4)C1. The van der Waals surface area contributed by atoms with Gasteiger partial charge < -0.3 is 19.3 Å². The lowest BCUT2D eigenvalue weighted by Gasteiger charge is -2.42. The van der Waals surface area contributed by atoms with Gasteiger partial charge in [0.2, 0.25) is 0 Å². The molecule has 0 aromatic heterocycles. The van der Waals surface area contributed by atoms with Crippen LogP contribution in [-0.4, -0.2) is 72.8 Å². The van der Waals surface area contributed by atoms with Crippen LogP contribution in [0.15, 0.2) is 52.9 Å². The number of hydrogen-bond acceptors (Lipinski definition) is 6. The van der Waals surface area contributed by atoms with Crippen molar-refractivity contribution in [3.05, 3.63) is 70.3 Å². The Hall–Kier alpha value is -3.08. The molecule has 1 N–H and O–H groups in total. The number of nitrogens with one attached hydrogen (secondary N) is 1. The monoisotopic (exact) mass is 724 g/mol. The van der Waals surface area contributed by atoms with Gasteiger partial charge in [0.15, 0.2) is 0 Å². The molecule has 2 aromatic rings. The number of halogens is 1. The third-order valence-electron chi connectivity index (χ3n) is 11.4. The molecule has 1 unspecified atom stereocenters. The number of urea groups is 1. The van der Waals surface area contributed by atoms with Gasteiger partial charge in [0.25, 0.3) is 5.91 Å². The Morgan fingerprint density at radius 3 is 2.68 bits per heavy atom. The van der Waals surface area contributed by atoms with Gasteiger partial charge in [-0.2, -0.15) is 0 Å². The minimum Gasteiger partial charge on any atom is -0.490 e. The van der Waals surface area contributed by atoms with Crippen molar-refractivity contribution in [2.24, 2.45) is 28.0 Å². The van der Waals surface area contributed by atoms with Crippen LogP contribution in [0.1, 0.15) is 81.3 Å². The number of methoxy groups -OCH3 is 1. The molecule has 2 aromatic carbocycles. The highest BCUT2D eigenvalue weighted by Gasteiger charge is 2.43. The summed E-state index contributed by atoms with van der Waals surface area (Å²) in [7, 11) is -1.68. The summed E-state index contributed by atoms with van der Waals surface area (Å²) in [5.41, 5.74) is 3.40. The second-order valence-electron chi connectivity index (χ2n) is 15.1. The summed E-state index contributed by atoms with van der Waals surface area (Å²) >= 11 is 6.46. The quantitative estimate of drug-likeness (QED) is 0.325. The van der Waals surface area contributed by atoms with E-state index in [0.29, 0.717) is 49.9 Å². The Kier molecular flexibility index (Phi) is 11.2. The molecule has 6 rings (SSSR count). The van der Waals surface area contributed by atoms with Crippen molar-refractivity contribution >= 4 is 39.1 Å². The Balaban J connectivity index is 1.42. The molecule has 6 atom stereocenters. The van der Waals surface area contributed by atoms with Gasteiger partial charge in [0.05, 0.1) is 24.2 Å². The number of aryl methyl sites for hydroxylation is 1. The van der Waals surface area contributed by atoms with Crippen LogP contribution >= 0.6 is 11.6 Å². The first-order chi connectivity index (χ1) is 24.0. The first kappa shape index (κ1) is 36.7. The Bertz CT molecular complexity index is 1730. The van der Waals surface area contributed by atoms with Crippen molar-refractivity contribution in [2.75, 3.05) is 50.5 Å². The number of rotatable bonds is 4. The largest absolute Gasteiger partial charge is 0.490 e. The molecule has 0 radical (unpaired) electrons. The maximum atomic E-state index is 14.5. The van der Waals surface area contributed by atoms with E-state index >= 15 is 0 Å². The Morgan fingerprint density at radius 1 is 1.14 bits per heavy atom. The number of benzene rings is 2. The molecule has 9 nitrogen and oxygen atoms in total. The molecule has 50 heavy (non-hydrogen) atoms. The summed E-state index contributed by atoms with van der Waals surface area (Å²) in [6.07, 6.45) is 9.60. The van der Waals surface area contributed by atoms with Crippen LogP contribution in [0.25, 0.3) is 0 Å². The minimum absolute atomic E-state index is 0.0528. The highest BCUT2D eigenvalue weighted by atomic mass is 35.5. The number of carbonyl (C=O) groups excluding carboxylic acids is 2. The summed E-state index contributed by atoms with van der Waals surface area (Å²) in [6, 6.07) is 11.2. The summed E-state index contributed by atoms with van der Waals surface area (Å²) < 4.78 is 34.2. The number of nitrogens with zero attached hydrogens (tertiary/aromatic N) is 3. The maximum absolute atomic E-state index is 14.5. The first-order valence-corrected chi connectivity index (χ1v) is 20.4. The zero-order valence-electron chi connectivity index (χ0n) is 30.2. The van der Waals surface area contributed by atoms with Crippen LogP contribution in [-0.2, 0) is 26.5 Å². The van der Waals surface area contributed by atoms with Crippen LogP contribution in [0.3, 0.4) is 0 Å². The molecule has 3 amide bonds. The molecule has 272 valence electrons. The van der Waals surface area contributed by atoms with E-state index in [0.717, 1.165) is 49.4 Å². The average Bonchev–Trinajstić information content (AvgIpc) is 3.19. The predicted molar refractivity (Wildman–Crippen MR) is 201 cm³/mol. The molecule has 4 aliphatic rings. The molecule has 1 fully saturated rings. The number of carbonyl (C=O) groups is 2. The first-order valence-electron chi connectivity index (χ1n) is 18.3. The van der Waals surface area contributed by atoms with Crippen molar-refractivity contribution in [1.29, 1.82) is 0 Å². The van der Waals surface area contributed by atoms with Crippen molar-refractivity contribution in [3.63, 3.8) is 0 Å². The summed E-state index contributed by atoms with van der Waals surface area (Å²) in [4.78, 5) is 31.2. The summed E-state index contributed by atoms with van der Waals surface area (Å²) in [5, 5.41) is 0.741.